The van der Waals surface area contributed by atoms with Crippen molar-refractivity contribution in [1.29, 1.82) is 0 Å². The summed E-state index contributed by atoms with van der Waals surface area (Å²) in [5.74, 6) is -1.00. The van der Waals surface area contributed by atoms with Gasteiger partial charge in [-0.25, -0.2) is 0 Å². The van der Waals surface area contributed by atoms with Crippen LogP contribution in [-0.4, -0.2) is 22.8 Å². The third kappa shape index (κ3) is 4.78. The minimum absolute atomic E-state index is 0.00538. The van der Waals surface area contributed by atoms with Gasteiger partial charge in [-0.3, -0.25) is 4.79 Å². The molecule has 0 amide bonds. The van der Waals surface area contributed by atoms with Gasteiger partial charge in [0.15, 0.2) is 0 Å². The highest BCUT2D eigenvalue weighted by atomic mass is 19.3. The van der Waals surface area contributed by atoms with E-state index in [2.05, 4.69) is 4.74 Å². The molecule has 1 aromatic carbocycles. The average molecular weight is 246 g/mol. The lowest BCUT2D eigenvalue weighted by Gasteiger charge is -2.10. The molecule has 0 aromatic heterocycles. The summed E-state index contributed by atoms with van der Waals surface area (Å²) in [6.45, 7) is -2.89. The van der Waals surface area contributed by atoms with E-state index in [1.165, 1.54) is 24.3 Å². The Labute approximate surface area is 96.5 Å². The molecule has 0 saturated carbocycles. The molecule has 1 rings (SSSR count). The summed E-state index contributed by atoms with van der Waals surface area (Å²) in [5, 5.41) is 18.0. The fraction of sp³-hybridized carbons (Fsp3) is 0.364. The molecule has 1 unspecified atom stereocenters. The summed E-state index contributed by atoms with van der Waals surface area (Å²) >= 11 is 0. The van der Waals surface area contributed by atoms with Gasteiger partial charge in [-0.1, -0.05) is 12.1 Å². The number of carboxylic acid groups (broad SMARTS) is 1. The molecular weight excluding hydrogens is 234 g/mol. The highest BCUT2D eigenvalue weighted by Crippen LogP contribution is 2.22. The second-order valence-corrected chi connectivity index (χ2v) is 3.40. The molecule has 1 aromatic rings. The van der Waals surface area contributed by atoms with Crippen LogP contribution in [0.5, 0.6) is 5.75 Å². The number of aliphatic hydroxyl groups is 1. The van der Waals surface area contributed by atoms with Crippen LogP contribution in [0.2, 0.25) is 0 Å². The SMILES string of the molecule is O=C(O)CCC(O)c1ccc(OC(F)F)cc1. The van der Waals surface area contributed by atoms with Crippen LogP contribution in [0.3, 0.4) is 0 Å². The maximum absolute atomic E-state index is 11.9. The van der Waals surface area contributed by atoms with Gasteiger partial charge >= 0.3 is 12.6 Å². The fourth-order valence-corrected chi connectivity index (χ4v) is 1.30. The maximum atomic E-state index is 11.9. The summed E-state index contributed by atoms with van der Waals surface area (Å²) in [4.78, 5) is 10.3. The first-order chi connectivity index (χ1) is 7.99. The summed E-state index contributed by atoms with van der Waals surface area (Å²) in [5.41, 5.74) is 0.466. The smallest absolute Gasteiger partial charge is 0.387 e. The van der Waals surface area contributed by atoms with Crippen molar-refractivity contribution in [3.05, 3.63) is 29.8 Å². The predicted octanol–water partition coefficient (Wildman–Crippen LogP) is 2.19. The fourth-order valence-electron chi connectivity index (χ4n) is 1.30. The van der Waals surface area contributed by atoms with Crippen LogP contribution < -0.4 is 4.74 Å². The van der Waals surface area contributed by atoms with Gasteiger partial charge in [-0.15, -0.1) is 0 Å². The number of hydrogen-bond donors (Lipinski definition) is 2. The summed E-state index contributed by atoms with van der Waals surface area (Å²) in [6.07, 6.45) is -1.01. The van der Waals surface area contributed by atoms with Crippen LogP contribution in [0, 0.1) is 0 Å². The topological polar surface area (TPSA) is 66.8 Å². The average Bonchev–Trinajstić information content (AvgIpc) is 2.26. The number of aliphatic carboxylic acids is 1. The lowest BCUT2D eigenvalue weighted by atomic mass is 10.1. The van der Waals surface area contributed by atoms with E-state index in [1.54, 1.807) is 0 Å². The van der Waals surface area contributed by atoms with E-state index in [-0.39, 0.29) is 18.6 Å². The molecule has 0 aliphatic heterocycles. The van der Waals surface area contributed by atoms with Gasteiger partial charge in [0, 0.05) is 6.42 Å². The summed E-state index contributed by atoms with van der Waals surface area (Å²) < 4.78 is 27.8. The summed E-state index contributed by atoms with van der Waals surface area (Å²) in [7, 11) is 0. The van der Waals surface area contributed by atoms with Crippen molar-refractivity contribution in [2.24, 2.45) is 0 Å². The molecule has 0 saturated heterocycles. The van der Waals surface area contributed by atoms with Crippen LogP contribution >= 0.6 is 0 Å². The Kier molecular flexibility index (Phi) is 4.84. The van der Waals surface area contributed by atoms with E-state index in [0.29, 0.717) is 5.56 Å². The zero-order valence-corrected chi connectivity index (χ0v) is 8.85. The van der Waals surface area contributed by atoms with Gasteiger partial charge < -0.3 is 14.9 Å². The first kappa shape index (κ1) is 13.4. The number of halogens is 2. The highest BCUT2D eigenvalue weighted by Gasteiger charge is 2.10. The predicted molar refractivity (Wildman–Crippen MR) is 54.9 cm³/mol. The quantitative estimate of drug-likeness (QED) is 0.807. The second-order valence-electron chi connectivity index (χ2n) is 3.40. The molecule has 0 bridgehead atoms. The lowest BCUT2D eigenvalue weighted by Crippen LogP contribution is -2.04. The van der Waals surface area contributed by atoms with Gasteiger partial charge in [-0.2, -0.15) is 8.78 Å². The normalized spacial score (nSPS) is 12.5. The molecule has 2 N–H and O–H groups in total. The van der Waals surface area contributed by atoms with E-state index < -0.39 is 18.7 Å². The zero-order chi connectivity index (χ0) is 12.8. The molecule has 94 valence electrons. The number of rotatable bonds is 6. The van der Waals surface area contributed by atoms with Crippen LogP contribution in [-0.2, 0) is 4.79 Å². The molecule has 0 radical (unpaired) electrons. The largest absolute Gasteiger partial charge is 0.481 e. The number of aliphatic hydroxyl groups excluding tert-OH is 1. The number of carbonyl (C=O) groups is 1. The van der Waals surface area contributed by atoms with E-state index >= 15 is 0 Å². The molecule has 4 nitrogen and oxygen atoms in total. The van der Waals surface area contributed by atoms with Crippen molar-refractivity contribution in [1.82, 2.24) is 0 Å². The Morgan fingerprint density at radius 3 is 2.35 bits per heavy atom. The first-order valence-corrected chi connectivity index (χ1v) is 4.93. The first-order valence-electron chi connectivity index (χ1n) is 4.93. The molecular formula is C11H12F2O4. The Morgan fingerprint density at radius 1 is 1.29 bits per heavy atom. The van der Waals surface area contributed by atoms with Crippen molar-refractivity contribution in [3.63, 3.8) is 0 Å². The molecule has 0 heterocycles. The molecule has 1 atom stereocenters. The van der Waals surface area contributed by atoms with E-state index in [0.717, 1.165) is 0 Å². The number of benzene rings is 1. The third-order valence-electron chi connectivity index (χ3n) is 2.12. The second kappa shape index (κ2) is 6.15. The standard InChI is InChI=1S/C11H12F2O4/c12-11(13)17-8-3-1-7(2-4-8)9(14)5-6-10(15)16/h1-4,9,11,14H,5-6H2,(H,15,16). The molecule has 17 heavy (non-hydrogen) atoms. The minimum Gasteiger partial charge on any atom is -0.481 e. The van der Waals surface area contributed by atoms with Crippen molar-refractivity contribution in [2.75, 3.05) is 0 Å². The maximum Gasteiger partial charge on any atom is 0.387 e. The van der Waals surface area contributed by atoms with Crippen molar-refractivity contribution < 1.29 is 28.5 Å². The number of alkyl halides is 2. The molecule has 0 spiro atoms. The van der Waals surface area contributed by atoms with Crippen molar-refractivity contribution in [2.45, 2.75) is 25.6 Å². The Balaban J connectivity index is 2.57. The Bertz CT molecular complexity index is 364. The van der Waals surface area contributed by atoms with E-state index in [1.807, 2.05) is 0 Å². The number of carboxylic acids is 1. The van der Waals surface area contributed by atoms with Gasteiger partial charge in [0.1, 0.15) is 5.75 Å². The van der Waals surface area contributed by atoms with Crippen molar-refractivity contribution in [3.8, 4) is 5.75 Å². The lowest BCUT2D eigenvalue weighted by molar-refractivity contribution is -0.137. The van der Waals surface area contributed by atoms with Crippen LogP contribution in [0.25, 0.3) is 0 Å². The Morgan fingerprint density at radius 2 is 1.88 bits per heavy atom. The minimum atomic E-state index is -2.89. The summed E-state index contributed by atoms with van der Waals surface area (Å²) in [6, 6.07) is 5.44. The van der Waals surface area contributed by atoms with Crippen LogP contribution in [0.1, 0.15) is 24.5 Å². The molecule has 6 heteroatoms. The monoisotopic (exact) mass is 246 g/mol. The Hall–Kier alpha value is -1.69. The van der Waals surface area contributed by atoms with Gasteiger partial charge in [-0.05, 0) is 24.1 Å². The molecule has 0 fully saturated rings. The van der Waals surface area contributed by atoms with Crippen LogP contribution in [0.15, 0.2) is 24.3 Å². The van der Waals surface area contributed by atoms with E-state index in [9.17, 15) is 18.7 Å². The number of ether oxygens (including phenoxy) is 1. The molecule has 0 aliphatic carbocycles. The third-order valence-corrected chi connectivity index (χ3v) is 2.12. The van der Waals surface area contributed by atoms with Gasteiger partial charge in [0.25, 0.3) is 0 Å². The van der Waals surface area contributed by atoms with Gasteiger partial charge in [0.05, 0.1) is 6.10 Å². The van der Waals surface area contributed by atoms with E-state index in [4.69, 9.17) is 5.11 Å². The molecule has 0 aliphatic rings. The number of hydrogen-bond acceptors (Lipinski definition) is 3. The zero-order valence-electron chi connectivity index (χ0n) is 8.85. The highest BCUT2D eigenvalue weighted by molar-refractivity contribution is 5.66. The van der Waals surface area contributed by atoms with Gasteiger partial charge in [0.2, 0.25) is 0 Å². The van der Waals surface area contributed by atoms with Crippen molar-refractivity contribution >= 4 is 5.97 Å². The van der Waals surface area contributed by atoms with Crippen LogP contribution in [0.4, 0.5) is 8.78 Å².